The van der Waals surface area contributed by atoms with Gasteiger partial charge < -0.3 is 0 Å². The van der Waals surface area contributed by atoms with Crippen LogP contribution in [0.1, 0.15) is 32.6 Å². The second kappa shape index (κ2) is 3.75. The van der Waals surface area contributed by atoms with E-state index in [4.69, 9.17) is 0 Å². The maximum absolute atomic E-state index is 4.15. The lowest BCUT2D eigenvalue weighted by Gasteiger charge is -2.28. The zero-order valence-electron chi connectivity index (χ0n) is 7.47. The van der Waals surface area contributed by atoms with Crippen LogP contribution >= 0.6 is 0 Å². The number of hydrogen-bond donors (Lipinski definition) is 0. The Morgan fingerprint density at radius 1 is 1.55 bits per heavy atom. The van der Waals surface area contributed by atoms with Gasteiger partial charge in [0.2, 0.25) is 0 Å². The highest BCUT2D eigenvalue weighted by Crippen LogP contribution is 2.34. The summed E-state index contributed by atoms with van der Waals surface area (Å²) >= 11 is 0. The highest BCUT2D eigenvalue weighted by Gasteiger charge is 2.21. The molecule has 0 spiro atoms. The summed E-state index contributed by atoms with van der Waals surface area (Å²) in [5.41, 5.74) is 1.45. The molecule has 0 radical (unpaired) electrons. The first-order valence-electron chi connectivity index (χ1n) is 4.55. The van der Waals surface area contributed by atoms with E-state index in [2.05, 4.69) is 20.1 Å². The third-order valence-electron chi connectivity index (χ3n) is 2.80. The predicted octanol–water partition coefficient (Wildman–Crippen LogP) is 3.55. The minimum Gasteiger partial charge on any atom is -0.103 e. The molecule has 0 aromatic carbocycles. The Morgan fingerprint density at radius 2 is 2.27 bits per heavy atom. The van der Waals surface area contributed by atoms with Gasteiger partial charge in [0, 0.05) is 0 Å². The van der Waals surface area contributed by atoms with Gasteiger partial charge in [-0.2, -0.15) is 0 Å². The molecule has 0 aliphatic heterocycles. The first-order chi connectivity index (χ1) is 5.25. The summed E-state index contributed by atoms with van der Waals surface area (Å²) in [6, 6.07) is 0. The monoisotopic (exact) mass is 150 g/mol. The van der Waals surface area contributed by atoms with Crippen molar-refractivity contribution < 1.29 is 0 Å². The summed E-state index contributed by atoms with van der Waals surface area (Å²) in [7, 11) is 0. The van der Waals surface area contributed by atoms with Crippen LogP contribution in [0.3, 0.4) is 0 Å². The lowest BCUT2D eigenvalue weighted by Crippen LogP contribution is -2.15. The maximum Gasteiger partial charge on any atom is -0.0169 e. The fourth-order valence-corrected chi connectivity index (χ4v) is 1.91. The summed E-state index contributed by atoms with van der Waals surface area (Å²) in [6.45, 7) is 10.2. The lowest BCUT2D eigenvalue weighted by atomic mass is 9.77. The van der Waals surface area contributed by atoms with Crippen LogP contribution < -0.4 is 0 Å². The van der Waals surface area contributed by atoms with Crippen LogP contribution in [0, 0.1) is 11.8 Å². The Kier molecular flexibility index (Phi) is 2.92. The Bertz CT molecular complexity index is 155. The lowest BCUT2D eigenvalue weighted by molar-refractivity contribution is 0.388. The first kappa shape index (κ1) is 8.58. The molecule has 2 atom stereocenters. The quantitative estimate of drug-likeness (QED) is 0.528. The molecule has 62 valence electrons. The van der Waals surface area contributed by atoms with Gasteiger partial charge in [0.1, 0.15) is 0 Å². The van der Waals surface area contributed by atoms with Crippen LogP contribution in [0.4, 0.5) is 0 Å². The van der Waals surface area contributed by atoms with Crippen LogP contribution in [0.5, 0.6) is 0 Å². The molecule has 0 aromatic heterocycles. The van der Waals surface area contributed by atoms with Crippen molar-refractivity contribution in [1.82, 2.24) is 0 Å². The zero-order valence-corrected chi connectivity index (χ0v) is 7.47. The van der Waals surface area contributed by atoms with E-state index in [9.17, 15) is 0 Å². The molecule has 0 heteroatoms. The second-order valence-corrected chi connectivity index (χ2v) is 3.63. The molecule has 11 heavy (non-hydrogen) atoms. The molecule has 1 aliphatic rings. The Balaban J connectivity index is 2.51. The van der Waals surface area contributed by atoms with Crippen LogP contribution in [-0.4, -0.2) is 0 Å². The van der Waals surface area contributed by atoms with Crippen molar-refractivity contribution in [3.63, 3.8) is 0 Å². The van der Waals surface area contributed by atoms with Gasteiger partial charge in [-0.25, -0.2) is 0 Å². The highest BCUT2D eigenvalue weighted by molar-refractivity contribution is 5.08. The van der Waals surface area contributed by atoms with Gasteiger partial charge in [-0.05, 0) is 31.1 Å². The van der Waals surface area contributed by atoms with Crippen LogP contribution in [0.2, 0.25) is 0 Å². The van der Waals surface area contributed by atoms with Gasteiger partial charge in [0.25, 0.3) is 0 Å². The number of rotatable bonds is 2. The molecule has 1 rings (SSSR count). The molecule has 0 saturated heterocycles. The van der Waals surface area contributed by atoms with Crippen LogP contribution in [-0.2, 0) is 0 Å². The van der Waals surface area contributed by atoms with Crippen molar-refractivity contribution >= 4 is 0 Å². The molecular weight excluding hydrogens is 132 g/mol. The van der Waals surface area contributed by atoms with Gasteiger partial charge in [-0.1, -0.05) is 31.6 Å². The summed E-state index contributed by atoms with van der Waals surface area (Å²) in [5.74, 6) is 1.48. The van der Waals surface area contributed by atoms with E-state index in [1.807, 2.05) is 6.08 Å². The molecule has 1 unspecified atom stereocenters. The number of allylic oxidation sites excluding steroid dienone is 2. The SMILES string of the molecule is C=CC[C@@H]1CCCC(C)C1=C. The van der Waals surface area contributed by atoms with Crippen molar-refractivity contribution in [2.45, 2.75) is 32.6 Å². The van der Waals surface area contributed by atoms with E-state index in [-0.39, 0.29) is 0 Å². The third-order valence-corrected chi connectivity index (χ3v) is 2.80. The fraction of sp³-hybridized carbons (Fsp3) is 0.636. The highest BCUT2D eigenvalue weighted by atomic mass is 14.3. The minimum absolute atomic E-state index is 0.733. The van der Waals surface area contributed by atoms with E-state index in [0.717, 1.165) is 18.3 Å². The average Bonchev–Trinajstić information content (AvgIpc) is 1.99. The first-order valence-corrected chi connectivity index (χ1v) is 4.55. The largest absolute Gasteiger partial charge is 0.103 e. The molecular formula is C11H18. The molecule has 0 nitrogen and oxygen atoms in total. The second-order valence-electron chi connectivity index (χ2n) is 3.63. The third kappa shape index (κ3) is 1.95. The van der Waals surface area contributed by atoms with Crippen molar-refractivity contribution in [1.29, 1.82) is 0 Å². The van der Waals surface area contributed by atoms with Crippen molar-refractivity contribution in [3.05, 3.63) is 24.8 Å². The van der Waals surface area contributed by atoms with E-state index >= 15 is 0 Å². The standard InChI is InChI=1S/C11H18/c1-4-6-11-8-5-7-9(2)10(11)3/h4,9,11H,1,3,5-8H2,2H3/t9?,11-/m1/s1. The van der Waals surface area contributed by atoms with E-state index < -0.39 is 0 Å². The van der Waals surface area contributed by atoms with Crippen molar-refractivity contribution in [2.24, 2.45) is 11.8 Å². The molecule has 0 bridgehead atoms. The molecule has 1 fully saturated rings. The van der Waals surface area contributed by atoms with E-state index in [1.54, 1.807) is 0 Å². The van der Waals surface area contributed by atoms with Crippen LogP contribution in [0.25, 0.3) is 0 Å². The fourth-order valence-electron chi connectivity index (χ4n) is 1.91. The van der Waals surface area contributed by atoms with Gasteiger partial charge >= 0.3 is 0 Å². The van der Waals surface area contributed by atoms with E-state index in [0.29, 0.717) is 0 Å². The topological polar surface area (TPSA) is 0 Å². The number of hydrogen-bond acceptors (Lipinski definition) is 0. The summed E-state index contributed by atoms with van der Waals surface area (Å²) in [5, 5.41) is 0. The molecule has 1 aliphatic carbocycles. The minimum atomic E-state index is 0.733. The Hall–Kier alpha value is -0.520. The van der Waals surface area contributed by atoms with Gasteiger partial charge in [0.05, 0.1) is 0 Å². The van der Waals surface area contributed by atoms with Gasteiger partial charge in [0.15, 0.2) is 0 Å². The maximum atomic E-state index is 4.15. The zero-order chi connectivity index (χ0) is 8.27. The smallest absolute Gasteiger partial charge is 0.0169 e. The molecule has 0 aromatic rings. The van der Waals surface area contributed by atoms with E-state index in [1.165, 1.54) is 24.8 Å². The molecule has 1 saturated carbocycles. The van der Waals surface area contributed by atoms with Crippen molar-refractivity contribution in [2.75, 3.05) is 0 Å². The predicted molar refractivity (Wildman–Crippen MR) is 50.5 cm³/mol. The average molecular weight is 150 g/mol. The summed E-state index contributed by atoms with van der Waals surface area (Å²) in [6.07, 6.45) is 7.19. The molecule has 0 N–H and O–H groups in total. The van der Waals surface area contributed by atoms with Gasteiger partial charge in [-0.15, -0.1) is 6.58 Å². The van der Waals surface area contributed by atoms with Crippen LogP contribution in [0.15, 0.2) is 24.8 Å². The van der Waals surface area contributed by atoms with Crippen molar-refractivity contribution in [3.8, 4) is 0 Å². The summed E-state index contributed by atoms with van der Waals surface area (Å²) < 4.78 is 0. The Morgan fingerprint density at radius 3 is 2.91 bits per heavy atom. The normalized spacial score (nSPS) is 31.9. The Labute approximate surface area is 70.0 Å². The summed E-state index contributed by atoms with van der Waals surface area (Å²) in [4.78, 5) is 0. The molecule has 0 heterocycles. The van der Waals surface area contributed by atoms with Gasteiger partial charge in [-0.3, -0.25) is 0 Å². The molecule has 0 amide bonds.